The van der Waals surface area contributed by atoms with Crippen LogP contribution >= 0.6 is 0 Å². The lowest BCUT2D eigenvalue weighted by Crippen LogP contribution is -2.39. The van der Waals surface area contributed by atoms with E-state index >= 15 is 0 Å². The number of amides is 1. The normalized spacial score (nSPS) is 16.5. The standard InChI is InChI=1S/C15H17N5O2/c1-18-14(21)6-5-12(16-18)15(22)19-7-8-20-13(9-19)10-3-2-4-11(10)17-20/h5-6H,2-4,7-9H2,1H3. The molecular formula is C15H17N5O2. The van der Waals surface area contributed by atoms with Crippen molar-refractivity contribution in [3.05, 3.63) is 45.1 Å². The van der Waals surface area contributed by atoms with Crippen molar-refractivity contribution in [3.63, 3.8) is 0 Å². The van der Waals surface area contributed by atoms with Gasteiger partial charge in [-0.1, -0.05) is 0 Å². The second kappa shape index (κ2) is 4.79. The van der Waals surface area contributed by atoms with Gasteiger partial charge >= 0.3 is 0 Å². The number of aryl methyl sites for hydroxylation is 2. The molecule has 0 N–H and O–H groups in total. The van der Waals surface area contributed by atoms with Crippen molar-refractivity contribution >= 4 is 5.91 Å². The summed E-state index contributed by atoms with van der Waals surface area (Å²) in [6.07, 6.45) is 3.26. The van der Waals surface area contributed by atoms with Crippen LogP contribution in [0.3, 0.4) is 0 Å². The molecule has 0 fully saturated rings. The van der Waals surface area contributed by atoms with Gasteiger partial charge < -0.3 is 4.90 Å². The summed E-state index contributed by atoms with van der Waals surface area (Å²) in [5.74, 6) is -0.130. The minimum atomic E-state index is -0.217. The topological polar surface area (TPSA) is 73.0 Å². The number of aromatic nitrogens is 4. The van der Waals surface area contributed by atoms with Crippen LogP contribution in [0, 0.1) is 0 Å². The zero-order chi connectivity index (χ0) is 15.3. The Morgan fingerprint density at radius 2 is 2.05 bits per heavy atom. The van der Waals surface area contributed by atoms with Crippen LogP contribution in [-0.4, -0.2) is 36.9 Å². The van der Waals surface area contributed by atoms with Crippen molar-refractivity contribution in [1.82, 2.24) is 24.5 Å². The molecule has 1 aliphatic heterocycles. The minimum absolute atomic E-state index is 0.130. The molecule has 1 amide bonds. The van der Waals surface area contributed by atoms with E-state index in [2.05, 4.69) is 10.2 Å². The number of fused-ring (bicyclic) bond motifs is 3. The fourth-order valence-electron chi connectivity index (χ4n) is 3.30. The fourth-order valence-corrected chi connectivity index (χ4v) is 3.30. The highest BCUT2D eigenvalue weighted by atomic mass is 16.2. The summed E-state index contributed by atoms with van der Waals surface area (Å²) < 4.78 is 3.24. The third-order valence-corrected chi connectivity index (χ3v) is 4.48. The van der Waals surface area contributed by atoms with Crippen molar-refractivity contribution in [2.45, 2.75) is 32.4 Å². The summed E-state index contributed by atoms with van der Waals surface area (Å²) in [5, 5.41) is 8.70. The second-order valence-electron chi connectivity index (χ2n) is 5.86. The van der Waals surface area contributed by atoms with Crippen molar-refractivity contribution in [2.24, 2.45) is 7.05 Å². The van der Waals surface area contributed by atoms with E-state index in [9.17, 15) is 9.59 Å². The van der Waals surface area contributed by atoms with Gasteiger partial charge in [0.1, 0.15) is 5.69 Å². The Kier molecular flexibility index (Phi) is 2.88. The third kappa shape index (κ3) is 1.96. The number of rotatable bonds is 1. The molecule has 0 bridgehead atoms. The number of nitrogens with zero attached hydrogens (tertiary/aromatic N) is 5. The van der Waals surface area contributed by atoms with Gasteiger partial charge in [0, 0.05) is 19.7 Å². The van der Waals surface area contributed by atoms with Gasteiger partial charge in [0.15, 0.2) is 0 Å². The highest BCUT2D eigenvalue weighted by molar-refractivity contribution is 5.92. The molecule has 2 aliphatic rings. The van der Waals surface area contributed by atoms with Gasteiger partial charge in [0.2, 0.25) is 0 Å². The van der Waals surface area contributed by atoms with Crippen molar-refractivity contribution in [1.29, 1.82) is 0 Å². The monoisotopic (exact) mass is 299 g/mol. The zero-order valence-electron chi connectivity index (χ0n) is 12.4. The number of hydrogen-bond donors (Lipinski definition) is 0. The van der Waals surface area contributed by atoms with Crippen LogP contribution in [0.25, 0.3) is 0 Å². The molecular weight excluding hydrogens is 282 g/mol. The smallest absolute Gasteiger partial charge is 0.274 e. The lowest BCUT2D eigenvalue weighted by atomic mass is 10.1. The van der Waals surface area contributed by atoms with Gasteiger partial charge in [0.05, 0.1) is 24.5 Å². The molecule has 0 aromatic carbocycles. The van der Waals surface area contributed by atoms with Crippen LogP contribution in [0.5, 0.6) is 0 Å². The van der Waals surface area contributed by atoms with Gasteiger partial charge in [-0.15, -0.1) is 0 Å². The molecule has 1 aliphatic carbocycles. The molecule has 7 nitrogen and oxygen atoms in total. The number of carbonyl (C=O) groups excluding carboxylic acids is 1. The predicted molar refractivity (Wildman–Crippen MR) is 78.5 cm³/mol. The lowest BCUT2D eigenvalue weighted by molar-refractivity contribution is 0.0696. The van der Waals surface area contributed by atoms with Crippen LogP contribution in [0.15, 0.2) is 16.9 Å². The van der Waals surface area contributed by atoms with Gasteiger partial charge in [-0.3, -0.25) is 14.3 Å². The van der Waals surface area contributed by atoms with Gasteiger partial charge in [-0.25, -0.2) is 4.68 Å². The fraction of sp³-hybridized carbons (Fsp3) is 0.467. The lowest BCUT2D eigenvalue weighted by Gasteiger charge is -2.28. The van der Waals surface area contributed by atoms with E-state index in [1.165, 1.54) is 28.1 Å². The molecule has 2 aromatic rings. The van der Waals surface area contributed by atoms with E-state index < -0.39 is 0 Å². The van der Waals surface area contributed by atoms with E-state index in [0.29, 0.717) is 18.8 Å². The van der Waals surface area contributed by atoms with Crippen LogP contribution in [0.4, 0.5) is 0 Å². The Morgan fingerprint density at radius 3 is 2.86 bits per heavy atom. The van der Waals surface area contributed by atoms with Gasteiger partial charge in [-0.2, -0.15) is 10.2 Å². The Labute approximate surface area is 127 Å². The molecule has 0 saturated heterocycles. The molecule has 0 saturated carbocycles. The molecule has 0 spiro atoms. The summed E-state index contributed by atoms with van der Waals surface area (Å²) in [7, 11) is 1.55. The predicted octanol–water partition coefficient (Wildman–Crippen LogP) is 0.121. The summed E-state index contributed by atoms with van der Waals surface area (Å²) in [4.78, 5) is 25.8. The molecule has 3 heterocycles. The summed E-state index contributed by atoms with van der Waals surface area (Å²) in [5.41, 5.74) is 3.78. The summed E-state index contributed by atoms with van der Waals surface area (Å²) in [6, 6.07) is 2.88. The van der Waals surface area contributed by atoms with Gasteiger partial charge in [0.25, 0.3) is 11.5 Å². The number of hydrogen-bond acceptors (Lipinski definition) is 4. The molecule has 0 radical (unpaired) electrons. The first-order valence-corrected chi connectivity index (χ1v) is 7.54. The highest BCUT2D eigenvalue weighted by Crippen LogP contribution is 2.28. The van der Waals surface area contributed by atoms with Crippen molar-refractivity contribution in [3.8, 4) is 0 Å². The molecule has 0 unspecified atom stereocenters. The van der Waals surface area contributed by atoms with E-state index in [1.807, 2.05) is 4.68 Å². The maximum Gasteiger partial charge on any atom is 0.274 e. The van der Waals surface area contributed by atoms with Crippen LogP contribution < -0.4 is 5.56 Å². The van der Waals surface area contributed by atoms with Crippen LogP contribution in [0.1, 0.15) is 33.9 Å². The van der Waals surface area contributed by atoms with Gasteiger partial charge in [-0.05, 0) is 30.9 Å². The SMILES string of the molecule is Cn1nc(C(=O)N2CCn3nc4c(c3C2)CCC4)ccc1=O. The highest BCUT2D eigenvalue weighted by Gasteiger charge is 2.29. The first kappa shape index (κ1) is 13.2. The first-order chi connectivity index (χ1) is 10.6. The van der Waals surface area contributed by atoms with Crippen LogP contribution in [0.2, 0.25) is 0 Å². The van der Waals surface area contributed by atoms with Crippen molar-refractivity contribution < 1.29 is 4.79 Å². The Morgan fingerprint density at radius 1 is 1.18 bits per heavy atom. The first-order valence-electron chi connectivity index (χ1n) is 7.54. The molecule has 0 atom stereocenters. The average molecular weight is 299 g/mol. The van der Waals surface area contributed by atoms with E-state index in [1.54, 1.807) is 11.9 Å². The zero-order valence-corrected chi connectivity index (χ0v) is 12.4. The van der Waals surface area contributed by atoms with Crippen molar-refractivity contribution in [2.75, 3.05) is 6.54 Å². The van der Waals surface area contributed by atoms with E-state index in [-0.39, 0.29) is 11.5 Å². The maximum absolute atomic E-state index is 12.6. The summed E-state index contributed by atoms with van der Waals surface area (Å²) in [6.45, 7) is 1.92. The molecule has 4 rings (SSSR count). The van der Waals surface area contributed by atoms with E-state index in [4.69, 9.17) is 0 Å². The van der Waals surface area contributed by atoms with Crippen LogP contribution in [-0.2, 0) is 33.0 Å². The maximum atomic E-state index is 12.6. The molecule has 22 heavy (non-hydrogen) atoms. The number of carbonyl (C=O) groups is 1. The second-order valence-corrected chi connectivity index (χ2v) is 5.86. The molecule has 7 heteroatoms. The molecule has 2 aromatic heterocycles. The Balaban J connectivity index is 1.62. The quantitative estimate of drug-likeness (QED) is 0.750. The summed E-state index contributed by atoms with van der Waals surface area (Å²) >= 11 is 0. The Hall–Kier alpha value is -2.44. The molecule has 114 valence electrons. The average Bonchev–Trinajstić information content (AvgIpc) is 3.09. The Bertz CT molecular complexity index is 820. The largest absolute Gasteiger partial charge is 0.329 e. The third-order valence-electron chi connectivity index (χ3n) is 4.48. The minimum Gasteiger partial charge on any atom is -0.329 e. The van der Waals surface area contributed by atoms with E-state index in [0.717, 1.165) is 31.5 Å².